The Kier molecular flexibility index (Phi) is 5.51. The monoisotopic (exact) mass is 299 g/mol. The average molecular weight is 300 g/mol. The molecule has 94 valence electrons. The fraction of sp³-hybridized carbons (Fsp3) is 0.385. The summed E-state index contributed by atoms with van der Waals surface area (Å²) in [7, 11) is 3.56. The zero-order valence-corrected chi connectivity index (χ0v) is 12.0. The number of benzene rings is 1. The van der Waals surface area contributed by atoms with E-state index in [2.05, 4.69) is 34.7 Å². The van der Waals surface area contributed by atoms with E-state index < -0.39 is 0 Å². The molecular formula is C13H18BrNO2. The van der Waals surface area contributed by atoms with Crippen LogP contribution in [0.1, 0.15) is 18.5 Å². The molecule has 0 amide bonds. The Balaban J connectivity index is 2.98. The van der Waals surface area contributed by atoms with Gasteiger partial charge in [0.15, 0.2) is 0 Å². The van der Waals surface area contributed by atoms with E-state index in [0.717, 1.165) is 21.5 Å². The number of methoxy groups -OCH3 is 1. The Morgan fingerprint density at radius 3 is 2.76 bits per heavy atom. The molecule has 0 bridgehead atoms. The zero-order valence-electron chi connectivity index (χ0n) is 10.4. The van der Waals surface area contributed by atoms with Crippen LogP contribution in [0.5, 0.6) is 11.5 Å². The molecule has 1 atom stereocenters. The molecule has 17 heavy (non-hydrogen) atoms. The molecule has 0 aliphatic carbocycles. The molecule has 0 fully saturated rings. The number of hydrogen-bond donors (Lipinski definition) is 1. The smallest absolute Gasteiger partial charge is 0.128 e. The number of nitrogens with one attached hydrogen (secondary N) is 1. The van der Waals surface area contributed by atoms with Crippen molar-refractivity contribution in [2.75, 3.05) is 20.8 Å². The number of rotatable bonds is 6. The van der Waals surface area contributed by atoms with Crippen molar-refractivity contribution in [3.05, 3.63) is 34.8 Å². The van der Waals surface area contributed by atoms with Gasteiger partial charge in [0.25, 0.3) is 0 Å². The Hall–Kier alpha value is -1.00. The molecule has 4 heteroatoms. The van der Waals surface area contributed by atoms with E-state index in [1.807, 2.05) is 25.2 Å². The minimum absolute atomic E-state index is 0.222. The predicted molar refractivity (Wildman–Crippen MR) is 74.0 cm³/mol. The van der Waals surface area contributed by atoms with E-state index in [4.69, 9.17) is 9.47 Å². The van der Waals surface area contributed by atoms with Crippen LogP contribution in [0.2, 0.25) is 0 Å². The molecule has 1 N–H and O–H groups in total. The third-order valence-electron chi connectivity index (χ3n) is 2.50. The topological polar surface area (TPSA) is 30.5 Å². The lowest BCUT2D eigenvalue weighted by Crippen LogP contribution is -2.14. The van der Waals surface area contributed by atoms with Gasteiger partial charge in [0, 0.05) is 22.2 Å². The summed E-state index contributed by atoms with van der Waals surface area (Å²) in [6.45, 7) is 6.27. The van der Waals surface area contributed by atoms with Gasteiger partial charge in [-0.25, -0.2) is 0 Å². The van der Waals surface area contributed by atoms with Gasteiger partial charge >= 0.3 is 0 Å². The molecule has 1 aromatic carbocycles. The second kappa shape index (κ2) is 6.67. The number of ether oxygens (including phenoxy) is 2. The van der Waals surface area contributed by atoms with Crippen LogP contribution in [0.25, 0.3) is 0 Å². The normalized spacial score (nSPS) is 12.0. The summed E-state index contributed by atoms with van der Waals surface area (Å²) in [6.07, 6.45) is 0. The summed E-state index contributed by atoms with van der Waals surface area (Å²) < 4.78 is 11.7. The van der Waals surface area contributed by atoms with Crippen molar-refractivity contribution in [1.82, 2.24) is 5.32 Å². The maximum absolute atomic E-state index is 5.70. The van der Waals surface area contributed by atoms with E-state index in [1.54, 1.807) is 7.11 Å². The Morgan fingerprint density at radius 2 is 2.24 bits per heavy atom. The molecule has 0 aliphatic rings. The highest BCUT2D eigenvalue weighted by molar-refractivity contribution is 9.11. The molecule has 0 aromatic heterocycles. The fourth-order valence-corrected chi connectivity index (χ4v) is 1.55. The van der Waals surface area contributed by atoms with Gasteiger partial charge in [0.1, 0.15) is 18.1 Å². The lowest BCUT2D eigenvalue weighted by molar-refractivity contribution is 0.347. The standard InChI is InChI=1S/C13H18BrNO2/c1-9(14)8-17-13-7-11(16-4)5-6-12(13)10(2)15-3/h5-7,10,15H,1,8H2,2-4H3. The summed E-state index contributed by atoms with van der Waals surface area (Å²) in [5.74, 6) is 1.60. The molecule has 3 nitrogen and oxygen atoms in total. The Morgan fingerprint density at radius 1 is 1.53 bits per heavy atom. The van der Waals surface area contributed by atoms with Gasteiger partial charge in [-0.2, -0.15) is 0 Å². The second-order valence-corrected chi connectivity index (χ2v) is 4.84. The maximum Gasteiger partial charge on any atom is 0.128 e. The first kappa shape index (κ1) is 14.1. The van der Waals surface area contributed by atoms with E-state index >= 15 is 0 Å². The van der Waals surface area contributed by atoms with Crippen LogP contribution in [0.3, 0.4) is 0 Å². The fourth-order valence-electron chi connectivity index (χ4n) is 1.44. The molecule has 0 radical (unpaired) electrons. The Labute approximate surface area is 111 Å². The van der Waals surface area contributed by atoms with Crippen LogP contribution >= 0.6 is 15.9 Å². The third kappa shape index (κ3) is 4.06. The van der Waals surface area contributed by atoms with Crippen molar-refractivity contribution in [3.8, 4) is 11.5 Å². The van der Waals surface area contributed by atoms with Crippen molar-refractivity contribution >= 4 is 15.9 Å². The summed E-state index contributed by atoms with van der Waals surface area (Å²) in [5.41, 5.74) is 1.10. The summed E-state index contributed by atoms with van der Waals surface area (Å²) >= 11 is 3.28. The summed E-state index contributed by atoms with van der Waals surface area (Å²) in [4.78, 5) is 0. The lowest BCUT2D eigenvalue weighted by atomic mass is 10.1. The highest BCUT2D eigenvalue weighted by Crippen LogP contribution is 2.29. The number of hydrogen-bond acceptors (Lipinski definition) is 3. The van der Waals surface area contributed by atoms with Crippen LogP contribution < -0.4 is 14.8 Å². The molecule has 1 unspecified atom stereocenters. The highest BCUT2D eigenvalue weighted by Gasteiger charge is 2.11. The minimum Gasteiger partial charge on any atom is -0.497 e. The van der Waals surface area contributed by atoms with Gasteiger partial charge in [0.2, 0.25) is 0 Å². The highest BCUT2D eigenvalue weighted by atomic mass is 79.9. The van der Waals surface area contributed by atoms with Crippen LogP contribution in [-0.4, -0.2) is 20.8 Å². The van der Waals surface area contributed by atoms with Gasteiger partial charge in [-0.15, -0.1) is 0 Å². The van der Waals surface area contributed by atoms with Crippen LogP contribution in [0.4, 0.5) is 0 Å². The van der Waals surface area contributed by atoms with Crippen molar-refractivity contribution in [2.45, 2.75) is 13.0 Å². The van der Waals surface area contributed by atoms with Crippen molar-refractivity contribution < 1.29 is 9.47 Å². The zero-order chi connectivity index (χ0) is 12.8. The molecule has 0 aliphatic heterocycles. The predicted octanol–water partition coefficient (Wildman–Crippen LogP) is 3.26. The largest absolute Gasteiger partial charge is 0.497 e. The van der Waals surface area contributed by atoms with Crippen molar-refractivity contribution in [1.29, 1.82) is 0 Å². The van der Waals surface area contributed by atoms with E-state index in [-0.39, 0.29) is 6.04 Å². The van der Waals surface area contributed by atoms with Gasteiger partial charge < -0.3 is 14.8 Å². The van der Waals surface area contributed by atoms with E-state index in [1.165, 1.54) is 0 Å². The molecule has 0 spiro atoms. The molecule has 0 saturated heterocycles. The Bertz CT molecular complexity index is 393. The van der Waals surface area contributed by atoms with Crippen molar-refractivity contribution in [3.63, 3.8) is 0 Å². The maximum atomic E-state index is 5.70. The van der Waals surface area contributed by atoms with Crippen molar-refractivity contribution in [2.24, 2.45) is 0 Å². The molecule has 0 saturated carbocycles. The first-order chi connectivity index (χ1) is 8.08. The summed E-state index contributed by atoms with van der Waals surface area (Å²) in [6, 6.07) is 6.05. The third-order valence-corrected chi connectivity index (χ3v) is 2.73. The van der Waals surface area contributed by atoms with E-state index in [0.29, 0.717) is 6.61 Å². The van der Waals surface area contributed by atoms with Crippen LogP contribution in [0.15, 0.2) is 29.3 Å². The summed E-state index contributed by atoms with van der Waals surface area (Å²) in [5, 5.41) is 3.19. The minimum atomic E-state index is 0.222. The first-order valence-electron chi connectivity index (χ1n) is 5.39. The quantitative estimate of drug-likeness (QED) is 0.874. The molecule has 1 aromatic rings. The van der Waals surface area contributed by atoms with Crippen LogP contribution in [-0.2, 0) is 0 Å². The molecule has 1 rings (SSSR count). The van der Waals surface area contributed by atoms with Gasteiger partial charge in [0.05, 0.1) is 7.11 Å². The van der Waals surface area contributed by atoms with Crippen LogP contribution in [0, 0.1) is 0 Å². The second-order valence-electron chi connectivity index (χ2n) is 3.72. The van der Waals surface area contributed by atoms with E-state index in [9.17, 15) is 0 Å². The van der Waals surface area contributed by atoms with Gasteiger partial charge in [-0.3, -0.25) is 0 Å². The SMILES string of the molecule is C=C(Br)COc1cc(OC)ccc1C(C)NC. The van der Waals surface area contributed by atoms with Gasteiger partial charge in [-0.05, 0) is 20.0 Å². The average Bonchev–Trinajstić information content (AvgIpc) is 2.34. The number of halogens is 1. The van der Waals surface area contributed by atoms with Gasteiger partial charge in [-0.1, -0.05) is 28.6 Å². The lowest BCUT2D eigenvalue weighted by Gasteiger charge is -2.17. The molecular weight excluding hydrogens is 282 g/mol. The first-order valence-corrected chi connectivity index (χ1v) is 6.19. The molecule has 0 heterocycles.